The van der Waals surface area contributed by atoms with Gasteiger partial charge in [-0.15, -0.1) is 0 Å². The second-order valence-electron chi connectivity index (χ2n) is 17.2. The zero-order chi connectivity index (χ0) is 51.7. The molecule has 0 fully saturated rings. The minimum absolute atomic E-state index is 0.0808. The highest BCUT2D eigenvalue weighted by Gasteiger charge is 2.28. The summed E-state index contributed by atoms with van der Waals surface area (Å²) < 4.78 is 66.3. The van der Waals surface area contributed by atoms with E-state index >= 15 is 0 Å². The molecule has 0 saturated heterocycles. The summed E-state index contributed by atoms with van der Waals surface area (Å²) in [4.78, 5) is 26.3. The molecule has 0 aliphatic rings. The summed E-state index contributed by atoms with van der Waals surface area (Å²) in [5, 5.41) is 12.0. The summed E-state index contributed by atoms with van der Waals surface area (Å²) in [6.07, 6.45) is 0. The zero-order valence-corrected chi connectivity index (χ0v) is 42.7. The van der Waals surface area contributed by atoms with Crippen molar-refractivity contribution in [3.8, 4) is 33.8 Å². The Balaban J connectivity index is 0.000000173. The normalized spacial score (nSPS) is 11.5. The molecule has 11 rings (SSSR count). The standard InChI is InChI=1S/C30H24N4O5S2.C25H22N4O3S/c1-18-5-3-4-6-27(18)41(37,38)33-21-10-14-26-23(16-21)28(20-9-13-24-25(15-20)32-40-31-24)29(30(35)36)34(26)17-19-7-11-22(39-2)12-8-19;1-3-32-25(30)24-23(16-6-10-20-21(12-16)28-33-27-20)19-13-17(26)7-11-22(19)29(24)14-15-4-8-18(31-2)9-5-15/h3-16,33H,17H2,1-2H3,(H,35,36);4-13H,3,14,26H2,1-2H3. The molecule has 0 bridgehead atoms. The highest BCUT2D eigenvalue weighted by Crippen LogP contribution is 2.40. The van der Waals surface area contributed by atoms with E-state index in [2.05, 4.69) is 22.2 Å². The molecule has 0 unspecified atom stereocenters. The van der Waals surface area contributed by atoms with Crippen LogP contribution >= 0.6 is 23.5 Å². The van der Waals surface area contributed by atoms with Crippen LogP contribution in [-0.2, 0) is 27.8 Å². The second-order valence-corrected chi connectivity index (χ2v) is 19.9. The van der Waals surface area contributed by atoms with Crippen LogP contribution in [0.25, 0.3) is 66.1 Å². The van der Waals surface area contributed by atoms with Gasteiger partial charge in [0.05, 0.1) is 49.2 Å². The Morgan fingerprint density at radius 2 is 1.15 bits per heavy atom. The Kier molecular flexibility index (Phi) is 13.5. The van der Waals surface area contributed by atoms with Crippen LogP contribution in [0.1, 0.15) is 44.6 Å². The summed E-state index contributed by atoms with van der Waals surface area (Å²) in [6, 6.07) is 44.0. The number of nitrogens with zero attached hydrogens (tertiary/aromatic N) is 6. The Bertz CT molecular complexity index is 4030. The van der Waals surface area contributed by atoms with E-state index in [-0.39, 0.29) is 29.7 Å². The molecular formula is C55H46N8O8S3. The van der Waals surface area contributed by atoms with E-state index in [0.29, 0.717) is 68.0 Å². The highest BCUT2D eigenvalue weighted by atomic mass is 32.2. The summed E-state index contributed by atoms with van der Waals surface area (Å²) in [7, 11) is -0.664. The molecule has 74 heavy (non-hydrogen) atoms. The first-order chi connectivity index (χ1) is 35.8. The van der Waals surface area contributed by atoms with Gasteiger partial charge in [0.2, 0.25) is 0 Å². The SMILES string of the molecule is CCOC(=O)c1c(-c2ccc3nsnc3c2)c2cc(N)ccc2n1Cc1ccc(OC)cc1.COc1ccc(Cn2c(C(=O)O)c(-c3ccc4nsnc4c3)c3cc(NS(=O)(=O)c4ccccc4C)ccc32)cc1. The first-order valence-corrected chi connectivity index (χ1v) is 26.1. The summed E-state index contributed by atoms with van der Waals surface area (Å²) in [5.74, 6) is -0.0167. The molecule has 0 aliphatic carbocycles. The molecule has 0 aliphatic heterocycles. The number of nitrogen functional groups attached to an aromatic ring is 1. The highest BCUT2D eigenvalue weighted by molar-refractivity contribution is 7.92. The van der Waals surface area contributed by atoms with E-state index in [1.807, 2.05) is 102 Å². The van der Waals surface area contributed by atoms with Gasteiger partial charge in [0, 0.05) is 57.4 Å². The molecule has 0 amide bonds. The fourth-order valence-corrected chi connectivity index (χ4v) is 11.4. The molecular weight excluding hydrogens is 997 g/mol. The molecule has 0 spiro atoms. The first kappa shape index (κ1) is 49.0. The second kappa shape index (κ2) is 20.5. The fourth-order valence-electron chi connectivity index (χ4n) is 9.11. The van der Waals surface area contributed by atoms with Crippen LogP contribution in [0, 0.1) is 6.92 Å². The van der Waals surface area contributed by atoms with Gasteiger partial charge in [-0.05, 0) is 133 Å². The maximum atomic E-state index is 13.3. The molecule has 0 saturated carbocycles. The molecule has 11 aromatic rings. The van der Waals surface area contributed by atoms with Gasteiger partial charge in [-0.25, -0.2) is 18.0 Å². The zero-order valence-electron chi connectivity index (χ0n) is 40.3. The third-order valence-electron chi connectivity index (χ3n) is 12.5. The number of carbonyl (C=O) groups is 2. The number of esters is 1. The van der Waals surface area contributed by atoms with Crippen LogP contribution in [0.15, 0.2) is 150 Å². The van der Waals surface area contributed by atoms with E-state index in [1.54, 1.807) is 81.2 Å². The average molecular weight is 1040 g/mol. The lowest BCUT2D eigenvalue weighted by Crippen LogP contribution is -2.14. The maximum absolute atomic E-state index is 13.3. The number of hydrogen-bond acceptors (Lipinski definition) is 14. The van der Waals surface area contributed by atoms with Crippen LogP contribution in [-0.4, -0.2) is 72.9 Å². The topological polar surface area (TPSA) is 216 Å². The number of aromatic carboxylic acids is 1. The molecule has 0 atom stereocenters. The van der Waals surface area contributed by atoms with Gasteiger partial charge in [-0.2, -0.15) is 17.5 Å². The Hall–Kier alpha value is -8.65. The number of nitrogens with two attached hydrogens (primary N) is 1. The first-order valence-electron chi connectivity index (χ1n) is 23.1. The number of ether oxygens (including phenoxy) is 3. The number of carbonyl (C=O) groups excluding carboxylic acids is 1. The average Bonchev–Trinajstić information content (AvgIpc) is 4.21. The third kappa shape index (κ3) is 9.58. The fraction of sp³-hybridized carbons (Fsp3) is 0.127. The van der Waals surface area contributed by atoms with E-state index in [9.17, 15) is 23.1 Å². The largest absolute Gasteiger partial charge is 0.497 e. The number of nitrogens with one attached hydrogen (secondary N) is 1. The molecule has 0 radical (unpaired) electrons. The van der Waals surface area contributed by atoms with Crippen molar-refractivity contribution in [2.24, 2.45) is 0 Å². The minimum atomic E-state index is -3.89. The summed E-state index contributed by atoms with van der Waals surface area (Å²) in [5.41, 5.74) is 17.4. The van der Waals surface area contributed by atoms with Gasteiger partial charge in [0.15, 0.2) is 0 Å². The number of aromatic nitrogens is 6. The lowest BCUT2D eigenvalue weighted by molar-refractivity contribution is 0.0515. The molecule has 16 nitrogen and oxygen atoms in total. The number of methoxy groups -OCH3 is 2. The Labute approximate surface area is 432 Å². The van der Waals surface area contributed by atoms with Crippen LogP contribution in [0.2, 0.25) is 0 Å². The van der Waals surface area contributed by atoms with Gasteiger partial charge in [0.1, 0.15) is 45.0 Å². The van der Waals surface area contributed by atoms with E-state index in [4.69, 9.17) is 19.9 Å². The number of carboxylic acids is 1. The van der Waals surface area contributed by atoms with Crippen LogP contribution in [0.4, 0.5) is 11.4 Å². The minimum Gasteiger partial charge on any atom is -0.497 e. The maximum Gasteiger partial charge on any atom is 0.355 e. The van der Waals surface area contributed by atoms with Crippen molar-refractivity contribution in [2.45, 2.75) is 31.8 Å². The Morgan fingerprint density at radius 3 is 1.69 bits per heavy atom. The monoisotopic (exact) mass is 1040 g/mol. The lowest BCUT2D eigenvalue weighted by atomic mass is 10.0. The van der Waals surface area contributed by atoms with Gasteiger partial charge in [-0.1, -0.05) is 54.6 Å². The molecule has 7 aromatic carbocycles. The number of carboxylic acid groups (broad SMARTS) is 1. The van der Waals surface area contributed by atoms with Crippen molar-refractivity contribution >= 4 is 101 Å². The number of hydrogen-bond donors (Lipinski definition) is 3. The Morgan fingerprint density at radius 1 is 0.635 bits per heavy atom. The van der Waals surface area contributed by atoms with E-state index in [1.165, 1.54) is 0 Å². The predicted octanol–water partition coefficient (Wildman–Crippen LogP) is 11.3. The number of aryl methyl sites for hydroxylation is 1. The van der Waals surface area contributed by atoms with E-state index < -0.39 is 16.0 Å². The molecule has 4 aromatic heterocycles. The van der Waals surface area contributed by atoms with E-state index in [0.717, 1.165) is 73.4 Å². The number of sulfonamides is 1. The van der Waals surface area contributed by atoms with Gasteiger partial charge in [-0.3, -0.25) is 4.72 Å². The lowest BCUT2D eigenvalue weighted by Gasteiger charge is -2.12. The van der Waals surface area contributed by atoms with Crippen LogP contribution in [0.3, 0.4) is 0 Å². The number of anilines is 2. The van der Waals surface area contributed by atoms with Gasteiger partial charge >= 0.3 is 11.9 Å². The quantitative estimate of drug-likeness (QED) is 0.0683. The molecule has 19 heteroatoms. The van der Waals surface area contributed by atoms with Crippen molar-refractivity contribution in [1.29, 1.82) is 0 Å². The number of rotatable bonds is 14. The van der Waals surface area contributed by atoms with Crippen molar-refractivity contribution in [3.63, 3.8) is 0 Å². The molecule has 4 heterocycles. The predicted molar refractivity (Wildman–Crippen MR) is 290 cm³/mol. The van der Waals surface area contributed by atoms with Crippen LogP contribution in [0.5, 0.6) is 11.5 Å². The van der Waals surface area contributed by atoms with Crippen molar-refractivity contribution in [1.82, 2.24) is 26.6 Å². The van der Waals surface area contributed by atoms with Crippen molar-refractivity contribution in [2.75, 3.05) is 31.3 Å². The molecule has 4 N–H and O–H groups in total. The summed E-state index contributed by atoms with van der Waals surface area (Å²) in [6.45, 7) is 4.58. The van der Waals surface area contributed by atoms with Crippen molar-refractivity contribution < 1.29 is 37.3 Å². The van der Waals surface area contributed by atoms with Crippen molar-refractivity contribution in [3.05, 3.63) is 174 Å². The third-order valence-corrected chi connectivity index (χ3v) is 15.2. The van der Waals surface area contributed by atoms with Gasteiger partial charge < -0.3 is 34.2 Å². The number of fused-ring (bicyclic) bond motifs is 4. The summed E-state index contributed by atoms with van der Waals surface area (Å²) >= 11 is 2.24. The number of benzene rings is 7. The smallest absolute Gasteiger partial charge is 0.355 e. The van der Waals surface area contributed by atoms with Gasteiger partial charge in [0.25, 0.3) is 10.0 Å². The molecule has 372 valence electrons. The van der Waals surface area contributed by atoms with Crippen LogP contribution < -0.4 is 19.9 Å².